The molecule has 0 spiro atoms. The van der Waals surface area contributed by atoms with Gasteiger partial charge in [0, 0.05) is 36.9 Å². The van der Waals surface area contributed by atoms with Crippen LogP contribution < -0.4 is 0 Å². The van der Waals surface area contributed by atoms with Crippen LogP contribution in [0.4, 0.5) is 0 Å². The molecule has 1 atom stereocenters. The molecule has 0 fully saturated rings. The lowest BCUT2D eigenvalue weighted by Crippen LogP contribution is -2.35. The van der Waals surface area contributed by atoms with Gasteiger partial charge in [0.15, 0.2) is 5.82 Å². The number of hydrogen-bond donors (Lipinski definition) is 0. The van der Waals surface area contributed by atoms with Crippen LogP contribution in [0.15, 0.2) is 22.9 Å². The molecule has 2 aromatic heterocycles. The van der Waals surface area contributed by atoms with Crippen LogP contribution in [0.3, 0.4) is 0 Å². The highest BCUT2D eigenvalue weighted by molar-refractivity contribution is 5.13. The van der Waals surface area contributed by atoms with E-state index in [1.165, 1.54) is 5.69 Å². The summed E-state index contributed by atoms with van der Waals surface area (Å²) in [6.07, 6.45) is 2.15. The fourth-order valence-electron chi connectivity index (χ4n) is 2.58. The van der Waals surface area contributed by atoms with Gasteiger partial charge in [0.2, 0.25) is 5.89 Å². The summed E-state index contributed by atoms with van der Waals surface area (Å²) >= 11 is 0. The zero-order chi connectivity index (χ0) is 13.4. The number of fused-ring (bicyclic) bond motifs is 1. The van der Waals surface area contributed by atoms with Crippen molar-refractivity contribution < 1.29 is 4.52 Å². The van der Waals surface area contributed by atoms with E-state index in [0.717, 1.165) is 31.3 Å². The van der Waals surface area contributed by atoms with Crippen LogP contribution in [0.25, 0.3) is 0 Å². The maximum Gasteiger partial charge on any atom is 0.240 e. The Morgan fingerprint density at radius 2 is 2.26 bits per heavy atom. The fraction of sp³-hybridized carbons (Fsp3) is 0.571. The number of aromatic nitrogens is 3. The predicted molar refractivity (Wildman–Crippen MR) is 71.6 cm³/mol. The molecule has 5 nitrogen and oxygen atoms in total. The van der Waals surface area contributed by atoms with Crippen LogP contribution in [-0.4, -0.2) is 26.2 Å². The Kier molecular flexibility index (Phi) is 3.14. The third-order valence-corrected chi connectivity index (χ3v) is 3.81. The molecule has 0 aliphatic carbocycles. The first-order valence-electron chi connectivity index (χ1n) is 6.86. The quantitative estimate of drug-likeness (QED) is 0.851. The van der Waals surface area contributed by atoms with Crippen molar-refractivity contribution >= 4 is 0 Å². The Hall–Kier alpha value is -1.62. The van der Waals surface area contributed by atoms with Crippen LogP contribution >= 0.6 is 0 Å². The van der Waals surface area contributed by atoms with Gasteiger partial charge in [0.25, 0.3) is 0 Å². The van der Waals surface area contributed by atoms with E-state index in [2.05, 4.69) is 58.7 Å². The average molecular weight is 260 g/mol. The summed E-state index contributed by atoms with van der Waals surface area (Å²) in [5, 5.41) is 4.02. The van der Waals surface area contributed by atoms with Crippen LogP contribution in [0.1, 0.15) is 50.1 Å². The van der Waals surface area contributed by atoms with Gasteiger partial charge in [-0.15, -0.1) is 0 Å². The van der Waals surface area contributed by atoms with Crippen molar-refractivity contribution in [3.05, 3.63) is 35.7 Å². The summed E-state index contributed by atoms with van der Waals surface area (Å²) < 4.78 is 7.65. The molecule has 0 N–H and O–H groups in total. The van der Waals surface area contributed by atoms with Gasteiger partial charge in [0.1, 0.15) is 0 Å². The minimum atomic E-state index is 0.313. The SMILES string of the molecule is CC(C)c1noc(CN2CCn3cccc3[C@@H]2C)n1. The second-order valence-electron chi connectivity index (χ2n) is 5.47. The summed E-state index contributed by atoms with van der Waals surface area (Å²) in [6.45, 7) is 9.15. The third-order valence-electron chi connectivity index (χ3n) is 3.81. The zero-order valence-electron chi connectivity index (χ0n) is 11.7. The van der Waals surface area contributed by atoms with Gasteiger partial charge in [-0.25, -0.2) is 0 Å². The van der Waals surface area contributed by atoms with E-state index in [-0.39, 0.29) is 0 Å². The molecule has 0 amide bonds. The van der Waals surface area contributed by atoms with Crippen LogP contribution in [0.5, 0.6) is 0 Å². The monoisotopic (exact) mass is 260 g/mol. The third kappa shape index (κ3) is 2.30. The largest absolute Gasteiger partial charge is 0.349 e. The molecule has 3 rings (SSSR count). The highest BCUT2D eigenvalue weighted by Gasteiger charge is 2.25. The standard InChI is InChI=1S/C14H20N4O/c1-10(2)14-15-13(19-16-14)9-18-8-7-17-6-4-5-12(17)11(18)3/h4-6,10-11H,7-9H2,1-3H3/t11-/m0/s1. The minimum absolute atomic E-state index is 0.313. The fourth-order valence-corrected chi connectivity index (χ4v) is 2.58. The molecule has 0 unspecified atom stereocenters. The molecule has 0 saturated carbocycles. The predicted octanol–water partition coefficient (Wildman–Crippen LogP) is 2.57. The number of hydrogen-bond acceptors (Lipinski definition) is 4. The van der Waals surface area contributed by atoms with Crippen molar-refractivity contribution in [3.8, 4) is 0 Å². The van der Waals surface area contributed by atoms with Gasteiger partial charge >= 0.3 is 0 Å². The maximum absolute atomic E-state index is 5.34. The number of nitrogens with zero attached hydrogens (tertiary/aromatic N) is 4. The summed E-state index contributed by atoms with van der Waals surface area (Å²) in [6, 6.07) is 4.68. The van der Waals surface area contributed by atoms with Gasteiger partial charge in [0.05, 0.1) is 6.54 Å². The summed E-state index contributed by atoms with van der Waals surface area (Å²) in [4.78, 5) is 6.84. The van der Waals surface area contributed by atoms with Gasteiger partial charge in [-0.3, -0.25) is 4.90 Å². The second kappa shape index (κ2) is 4.81. The Bertz CT molecular complexity index is 557. The molecule has 1 aliphatic heterocycles. The first-order valence-corrected chi connectivity index (χ1v) is 6.86. The van der Waals surface area contributed by atoms with E-state index in [9.17, 15) is 0 Å². The van der Waals surface area contributed by atoms with E-state index < -0.39 is 0 Å². The van der Waals surface area contributed by atoms with Gasteiger partial charge in [-0.05, 0) is 19.1 Å². The normalized spacial score (nSPS) is 19.9. The van der Waals surface area contributed by atoms with Crippen molar-refractivity contribution in [1.82, 2.24) is 19.6 Å². The lowest BCUT2D eigenvalue weighted by Gasteiger charge is -2.33. The molecule has 0 aromatic carbocycles. The van der Waals surface area contributed by atoms with Crippen molar-refractivity contribution in [2.75, 3.05) is 6.54 Å². The van der Waals surface area contributed by atoms with E-state index in [0.29, 0.717) is 12.0 Å². The van der Waals surface area contributed by atoms with Crippen LogP contribution in [-0.2, 0) is 13.1 Å². The summed E-state index contributed by atoms with van der Waals surface area (Å²) in [5.41, 5.74) is 1.36. The summed E-state index contributed by atoms with van der Waals surface area (Å²) in [7, 11) is 0. The Balaban J connectivity index is 1.73. The molecular weight excluding hydrogens is 240 g/mol. The molecule has 3 heterocycles. The molecule has 0 saturated heterocycles. The first-order chi connectivity index (χ1) is 9.15. The zero-order valence-corrected chi connectivity index (χ0v) is 11.7. The van der Waals surface area contributed by atoms with Gasteiger partial charge in [-0.1, -0.05) is 19.0 Å². The topological polar surface area (TPSA) is 47.1 Å². The molecule has 5 heteroatoms. The Labute approximate surface area is 113 Å². The molecule has 0 bridgehead atoms. The molecule has 0 radical (unpaired) electrons. The van der Waals surface area contributed by atoms with E-state index in [1.807, 2.05) is 0 Å². The Morgan fingerprint density at radius 1 is 1.42 bits per heavy atom. The van der Waals surface area contributed by atoms with Crippen molar-refractivity contribution in [1.29, 1.82) is 0 Å². The number of rotatable bonds is 3. The second-order valence-corrected chi connectivity index (χ2v) is 5.47. The molecule has 1 aliphatic rings. The first kappa shape index (κ1) is 12.4. The lowest BCUT2D eigenvalue weighted by atomic mass is 10.1. The maximum atomic E-state index is 5.34. The lowest BCUT2D eigenvalue weighted by molar-refractivity contribution is 0.141. The van der Waals surface area contributed by atoms with Crippen molar-refractivity contribution in [3.63, 3.8) is 0 Å². The van der Waals surface area contributed by atoms with Crippen LogP contribution in [0.2, 0.25) is 0 Å². The van der Waals surface area contributed by atoms with Crippen molar-refractivity contribution in [2.24, 2.45) is 0 Å². The van der Waals surface area contributed by atoms with Crippen LogP contribution in [0, 0.1) is 0 Å². The average Bonchev–Trinajstić information content (AvgIpc) is 3.01. The van der Waals surface area contributed by atoms with E-state index in [4.69, 9.17) is 4.52 Å². The Morgan fingerprint density at radius 3 is 3.00 bits per heavy atom. The molecule has 102 valence electrons. The molecule has 2 aromatic rings. The smallest absolute Gasteiger partial charge is 0.240 e. The van der Waals surface area contributed by atoms with Gasteiger partial charge in [-0.2, -0.15) is 4.98 Å². The molecule has 19 heavy (non-hydrogen) atoms. The molecular formula is C14H20N4O. The van der Waals surface area contributed by atoms with E-state index >= 15 is 0 Å². The minimum Gasteiger partial charge on any atom is -0.349 e. The van der Waals surface area contributed by atoms with Crippen molar-refractivity contribution in [2.45, 2.75) is 45.8 Å². The van der Waals surface area contributed by atoms with E-state index in [1.54, 1.807) is 0 Å². The highest BCUT2D eigenvalue weighted by Crippen LogP contribution is 2.26. The summed E-state index contributed by atoms with van der Waals surface area (Å²) in [5.74, 6) is 1.83. The highest BCUT2D eigenvalue weighted by atomic mass is 16.5. The van der Waals surface area contributed by atoms with Gasteiger partial charge < -0.3 is 9.09 Å².